The zero-order chi connectivity index (χ0) is 20.7. The van der Waals surface area contributed by atoms with E-state index in [1.165, 1.54) is 5.57 Å². The monoisotopic (exact) mass is 389 g/mol. The van der Waals surface area contributed by atoms with Crippen LogP contribution in [0.1, 0.15) is 60.3 Å². The molecule has 0 aromatic heterocycles. The molecule has 1 saturated carbocycles. The highest BCUT2D eigenvalue weighted by Gasteiger charge is 2.52. The van der Waals surface area contributed by atoms with Crippen molar-refractivity contribution in [2.75, 3.05) is 0 Å². The quantitative estimate of drug-likeness (QED) is 0.495. The number of aliphatic hydroxyl groups is 2. The molecule has 0 bridgehead atoms. The Morgan fingerprint density at radius 3 is 2.50 bits per heavy atom. The van der Waals surface area contributed by atoms with Crippen LogP contribution in [0.2, 0.25) is 0 Å². The van der Waals surface area contributed by atoms with Crippen molar-refractivity contribution in [3.05, 3.63) is 23.1 Å². The van der Waals surface area contributed by atoms with E-state index in [9.17, 15) is 19.8 Å². The van der Waals surface area contributed by atoms with Crippen molar-refractivity contribution in [1.82, 2.24) is 5.32 Å². The van der Waals surface area contributed by atoms with Gasteiger partial charge in [-0.1, -0.05) is 45.3 Å². The fourth-order valence-corrected chi connectivity index (χ4v) is 6.09. The van der Waals surface area contributed by atoms with Gasteiger partial charge < -0.3 is 15.5 Å². The zero-order valence-electron chi connectivity index (χ0n) is 17.7. The molecule has 0 spiro atoms. The fraction of sp³-hybridized carbons (Fsp3) is 0.739. The van der Waals surface area contributed by atoms with Gasteiger partial charge in [0.25, 0.3) is 0 Å². The molecular formula is C23H35NO4. The van der Waals surface area contributed by atoms with Gasteiger partial charge in [0.1, 0.15) is 5.57 Å². The van der Waals surface area contributed by atoms with Crippen LogP contribution in [0.25, 0.3) is 0 Å². The molecule has 5 nitrogen and oxygen atoms in total. The van der Waals surface area contributed by atoms with Gasteiger partial charge in [-0.05, 0) is 56.3 Å². The number of carbonyl (C=O) groups is 2. The summed E-state index contributed by atoms with van der Waals surface area (Å²) in [5.74, 6) is -0.693. The van der Waals surface area contributed by atoms with E-state index in [1.54, 1.807) is 6.92 Å². The van der Waals surface area contributed by atoms with Crippen molar-refractivity contribution in [3.8, 4) is 0 Å². The number of aliphatic hydroxyl groups excluding tert-OH is 2. The molecule has 0 aromatic rings. The summed E-state index contributed by atoms with van der Waals surface area (Å²) in [5, 5.41) is 23.9. The largest absolute Gasteiger partial charge is 0.494 e. The number of nitrogens with one attached hydrogen (secondary N) is 1. The number of ketones is 2. The van der Waals surface area contributed by atoms with Gasteiger partial charge in [0, 0.05) is 5.92 Å². The first-order valence-corrected chi connectivity index (χ1v) is 10.9. The highest BCUT2D eigenvalue weighted by atomic mass is 16.3. The molecule has 0 radical (unpaired) electrons. The smallest absolute Gasteiger partial charge is 0.199 e. The van der Waals surface area contributed by atoms with Crippen LogP contribution in [0.3, 0.4) is 0 Å². The van der Waals surface area contributed by atoms with Crippen LogP contribution >= 0.6 is 0 Å². The van der Waals surface area contributed by atoms with Gasteiger partial charge in [0.05, 0.1) is 12.1 Å². The van der Waals surface area contributed by atoms with Crippen molar-refractivity contribution in [2.24, 2.45) is 35.5 Å². The van der Waals surface area contributed by atoms with Crippen LogP contribution < -0.4 is 5.32 Å². The van der Waals surface area contributed by atoms with E-state index in [0.717, 1.165) is 25.7 Å². The van der Waals surface area contributed by atoms with Gasteiger partial charge in [0.2, 0.25) is 0 Å². The Balaban J connectivity index is 2.08. The number of Topliss-reactive ketones (excluding diaryl/α,β-unsaturated/α-hetero) is 2. The number of carbonyl (C=O) groups excluding carboxylic acids is 2. The van der Waals surface area contributed by atoms with Gasteiger partial charge in [-0.25, -0.2) is 0 Å². The number of rotatable bonds is 5. The van der Waals surface area contributed by atoms with Crippen LogP contribution in [-0.4, -0.2) is 33.9 Å². The number of fused-ring (bicyclic) bond motifs is 1. The lowest BCUT2D eigenvalue weighted by molar-refractivity contribution is -0.131. The topological polar surface area (TPSA) is 86.6 Å². The van der Waals surface area contributed by atoms with Crippen molar-refractivity contribution in [1.29, 1.82) is 0 Å². The summed E-state index contributed by atoms with van der Waals surface area (Å²) in [4.78, 5) is 26.3. The lowest BCUT2D eigenvalue weighted by atomic mass is 9.53. The van der Waals surface area contributed by atoms with Crippen LogP contribution in [0, 0.1) is 35.5 Å². The third kappa shape index (κ3) is 3.32. The minimum atomic E-state index is -0.571. The fourth-order valence-electron chi connectivity index (χ4n) is 6.09. The minimum Gasteiger partial charge on any atom is -0.494 e. The molecule has 28 heavy (non-hydrogen) atoms. The molecule has 3 N–H and O–H groups in total. The molecular weight excluding hydrogens is 354 g/mol. The first kappa shape index (κ1) is 21.1. The average molecular weight is 390 g/mol. The molecule has 3 rings (SSSR count). The highest BCUT2D eigenvalue weighted by molar-refractivity contribution is 6.24. The molecule has 1 heterocycles. The van der Waals surface area contributed by atoms with E-state index in [2.05, 4.69) is 39.1 Å². The maximum Gasteiger partial charge on any atom is 0.199 e. The summed E-state index contributed by atoms with van der Waals surface area (Å²) in [5.41, 5.74) is 1.15. The molecule has 0 amide bonds. The predicted molar refractivity (Wildman–Crippen MR) is 108 cm³/mol. The first-order chi connectivity index (χ1) is 13.2. The van der Waals surface area contributed by atoms with E-state index < -0.39 is 12.1 Å². The SMILES string of the molecule is CCCC1C(C)=CC2CC(C)C(O)C(CC)C2C1C(=O)C1=C(O)NC(C)C1=O. The van der Waals surface area contributed by atoms with Gasteiger partial charge in [-0.3, -0.25) is 9.59 Å². The molecule has 8 unspecified atom stereocenters. The molecule has 1 fully saturated rings. The third-order valence-electron chi connectivity index (χ3n) is 7.41. The normalized spacial score (nSPS) is 40.8. The van der Waals surface area contributed by atoms with E-state index in [0.29, 0.717) is 0 Å². The molecule has 5 heteroatoms. The number of hydrogen-bond acceptors (Lipinski definition) is 5. The van der Waals surface area contributed by atoms with E-state index in [4.69, 9.17) is 0 Å². The average Bonchev–Trinajstić information content (AvgIpc) is 2.89. The van der Waals surface area contributed by atoms with Crippen molar-refractivity contribution in [2.45, 2.75) is 72.4 Å². The van der Waals surface area contributed by atoms with E-state index >= 15 is 0 Å². The minimum absolute atomic E-state index is 0.00737. The van der Waals surface area contributed by atoms with Gasteiger partial charge >= 0.3 is 0 Å². The van der Waals surface area contributed by atoms with E-state index in [1.807, 2.05) is 0 Å². The second kappa shape index (κ2) is 8.02. The van der Waals surface area contributed by atoms with Crippen molar-refractivity contribution < 1.29 is 19.8 Å². The third-order valence-corrected chi connectivity index (χ3v) is 7.41. The molecule has 8 atom stereocenters. The van der Waals surface area contributed by atoms with Crippen LogP contribution in [0.5, 0.6) is 0 Å². The molecule has 2 aliphatic carbocycles. The Kier molecular flexibility index (Phi) is 6.04. The highest BCUT2D eigenvalue weighted by Crippen LogP contribution is 2.52. The second-order valence-electron chi connectivity index (χ2n) is 9.17. The standard InChI is InChI=1S/C23H35NO4/c1-6-8-16-11(3)9-14-10-12(4)20(25)15(7-2)17(14)18(16)22(27)19-21(26)13(5)24-23(19)28/h9,12-18,20,24-25,28H,6-8,10H2,1-5H3. The van der Waals surface area contributed by atoms with Crippen LogP contribution in [0.15, 0.2) is 23.1 Å². The Labute approximate surface area is 168 Å². The number of allylic oxidation sites excluding steroid dienone is 2. The molecule has 156 valence electrons. The Bertz CT molecular complexity index is 709. The molecule has 0 aromatic carbocycles. The summed E-state index contributed by atoms with van der Waals surface area (Å²) < 4.78 is 0. The van der Waals surface area contributed by atoms with Gasteiger partial charge in [0.15, 0.2) is 17.4 Å². The maximum absolute atomic E-state index is 13.7. The number of hydrogen-bond donors (Lipinski definition) is 3. The summed E-state index contributed by atoms with van der Waals surface area (Å²) >= 11 is 0. The molecule has 1 aliphatic heterocycles. The first-order valence-electron chi connectivity index (χ1n) is 10.9. The summed E-state index contributed by atoms with van der Waals surface area (Å²) in [6, 6.07) is -0.571. The van der Waals surface area contributed by atoms with Gasteiger partial charge in [-0.2, -0.15) is 0 Å². The maximum atomic E-state index is 13.7. The molecule has 3 aliphatic rings. The summed E-state index contributed by atoms with van der Waals surface area (Å²) in [7, 11) is 0. The molecule has 0 saturated heterocycles. The van der Waals surface area contributed by atoms with Crippen molar-refractivity contribution >= 4 is 11.6 Å². The Morgan fingerprint density at radius 2 is 1.96 bits per heavy atom. The lowest BCUT2D eigenvalue weighted by Crippen LogP contribution is -2.51. The van der Waals surface area contributed by atoms with Crippen LogP contribution in [0.4, 0.5) is 0 Å². The second-order valence-corrected chi connectivity index (χ2v) is 9.17. The van der Waals surface area contributed by atoms with E-state index in [-0.39, 0.29) is 58.5 Å². The van der Waals surface area contributed by atoms with Gasteiger partial charge in [-0.15, -0.1) is 0 Å². The predicted octanol–water partition coefficient (Wildman–Crippen LogP) is 3.54. The van der Waals surface area contributed by atoms with Crippen molar-refractivity contribution in [3.63, 3.8) is 0 Å². The lowest BCUT2D eigenvalue weighted by Gasteiger charge is -2.51. The summed E-state index contributed by atoms with van der Waals surface area (Å²) in [6.07, 6.45) is 5.36. The zero-order valence-corrected chi connectivity index (χ0v) is 17.7. The summed E-state index contributed by atoms with van der Waals surface area (Å²) in [6.45, 7) is 10.0. The Hall–Kier alpha value is -1.62. The van der Waals surface area contributed by atoms with Crippen LogP contribution in [-0.2, 0) is 9.59 Å². The Morgan fingerprint density at radius 1 is 1.29 bits per heavy atom.